The first-order chi connectivity index (χ1) is 50.4. The molecule has 0 saturated heterocycles. The van der Waals surface area contributed by atoms with Gasteiger partial charge >= 0.3 is 29.6 Å². The van der Waals surface area contributed by atoms with E-state index in [0.29, 0.717) is 5.69 Å². The van der Waals surface area contributed by atoms with Crippen LogP contribution in [-0.2, 0) is 22.4 Å². The van der Waals surface area contributed by atoms with Crippen molar-refractivity contribution < 1.29 is 101 Å². The van der Waals surface area contributed by atoms with E-state index in [1.165, 1.54) is 50.8 Å². The number of benzene rings is 8. The van der Waals surface area contributed by atoms with Gasteiger partial charge in [-0.15, -0.1) is 41.0 Å². The number of nitrogens with zero attached hydrogens (tertiary/aromatic N) is 8. The summed E-state index contributed by atoms with van der Waals surface area (Å²) in [6.45, 7) is 31.1. The predicted molar refractivity (Wildman–Crippen MR) is 452 cm³/mol. The third-order valence-corrected chi connectivity index (χ3v) is 29.2. The fraction of sp³-hybridized carbons (Fsp3) is 0.123. The average molecular weight is 1750 g/mol. The molecule has 8 rings (SSSR count). The number of halogens is 3. The zero-order valence-electron chi connectivity index (χ0n) is 60.1. The van der Waals surface area contributed by atoms with Crippen LogP contribution in [0, 0.1) is 102 Å². The maximum Gasteiger partial charge on any atom is 1.00 e. The zero-order valence-corrected chi connectivity index (χ0v) is 67.9. The number of non-ortho nitro benzene ring substituents is 3. The Balaban J connectivity index is -0.000000190. The molecule has 0 aliphatic carbocycles. The van der Waals surface area contributed by atoms with E-state index in [1.54, 1.807) is 36.4 Å². The molecule has 0 aliphatic heterocycles. The van der Waals surface area contributed by atoms with Crippen LogP contribution in [-0.4, -0.2) is 89.6 Å². The SMILES string of the molecule is C.C=CCP(CC=C)c1ccccc1.C=CC[P+](CC=C)(c1ccccc1)c1ccc([18F])cc1.C=CC[P+](CC=C)(c1ccccc1)c1ccc([N+](=O)[O-])cc1.C=CC[P+](CC=C)(c1ccccc1)c1ccc([N+](=O)[O-])cc1.Cl.N.Nc1ccc([N+](=O)[O-])cc1.O=N[O-].O=[N+]([O-])O.O=[N+]([O-])[O-].O=[N+]([O-])[O-].O=[N+]([O-])[O-].[18FH].[Ag].[Na+]. The van der Waals surface area contributed by atoms with E-state index >= 15 is 0 Å². The second kappa shape index (κ2) is 68.5. The summed E-state index contributed by atoms with van der Waals surface area (Å²) in [5.74, 6) is -0.197. The molecule has 39 heteroatoms. The first-order valence-corrected chi connectivity index (χ1v) is 38.6. The molecule has 603 valence electrons. The van der Waals surface area contributed by atoms with Gasteiger partial charge < -0.3 is 73.2 Å². The number of nitro benzene ring substituents is 3. The van der Waals surface area contributed by atoms with Crippen LogP contribution >= 0.6 is 42.1 Å². The van der Waals surface area contributed by atoms with Crippen molar-refractivity contribution in [3.8, 4) is 0 Å². The summed E-state index contributed by atoms with van der Waals surface area (Å²) in [7, 11) is -5.13. The smallest absolute Gasteiger partial charge is 0.444 e. The summed E-state index contributed by atoms with van der Waals surface area (Å²) in [6.07, 6.45) is 23.0. The van der Waals surface area contributed by atoms with E-state index in [0.717, 1.165) is 65.2 Å². The molecule has 0 heterocycles. The van der Waals surface area contributed by atoms with Crippen molar-refractivity contribution in [3.63, 3.8) is 0 Å². The quantitative estimate of drug-likeness (QED) is 0.00862. The molecular formula is C73H88AgClF2N10NaO20P4. The summed E-state index contributed by atoms with van der Waals surface area (Å²) in [5.41, 5.74) is 6.14. The molecule has 112 heavy (non-hydrogen) atoms. The molecule has 0 amide bonds. The van der Waals surface area contributed by atoms with Crippen molar-refractivity contribution in [2.24, 2.45) is 5.34 Å². The van der Waals surface area contributed by atoms with Gasteiger partial charge in [-0.3, -0.25) is 35.0 Å². The summed E-state index contributed by atoms with van der Waals surface area (Å²) in [5, 5.41) is 107. The Morgan fingerprint density at radius 1 is 0.393 bits per heavy atom. The molecule has 0 atom stereocenters. The molecule has 0 aliphatic rings. The number of nitro groups is 3. The van der Waals surface area contributed by atoms with Gasteiger partial charge in [-0.25, -0.2) is 4.39 Å². The van der Waals surface area contributed by atoms with Crippen LogP contribution < -0.4 is 78.6 Å². The van der Waals surface area contributed by atoms with Gasteiger partial charge in [-0.2, -0.15) is 0 Å². The van der Waals surface area contributed by atoms with Crippen molar-refractivity contribution in [1.29, 1.82) is 0 Å². The Morgan fingerprint density at radius 2 is 0.571 bits per heavy atom. The largest absolute Gasteiger partial charge is 1.00 e. The summed E-state index contributed by atoms with van der Waals surface area (Å²) >= 11 is 0. The minimum Gasteiger partial charge on any atom is -0.444 e. The molecule has 1 radical (unpaired) electrons. The number of nitrogens with two attached hydrogens (primary N) is 1. The van der Waals surface area contributed by atoms with Crippen LogP contribution in [0.3, 0.4) is 0 Å². The Hall–Kier alpha value is -10.5. The third-order valence-electron chi connectivity index (χ3n) is 13.8. The molecule has 8 aromatic rings. The Bertz CT molecular complexity index is 3830. The molecule has 0 saturated carbocycles. The first kappa shape index (κ1) is 117. The second-order valence-electron chi connectivity index (χ2n) is 20.4. The minimum absolute atomic E-state index is 0. The van der Waals surface area contributed by atoms with E-state index in [1.807, 2.05) is 127 Å². The van der Waals surface area contributed by atoms with Gasteiger partial charge in [0, 0.05) is 64.5 Å². The van der Waals surface area contributed by atoms with Crippen LogP contribution in [0.5, 0.6) is 0 Å². The third kappa shape index (κ3) is 46.8. The molecular weight excluding hydrogens is 1660 g/mol. The van der Waals surface area contributed by atoms with Crippen LogP contribution in [0.2, 0.25) is 0 Å². The standard InChI is InChI=1S/C18H19FP.2C18H19NO2P.C12H15P.C6H6N2O2.CH4.Ag.ClH.FH.HNO3.3NO3.HNO2.H3N.Na/c1-3-14-20(15-4-2,17-8-6-5-7-9-17)18-12-10-16(19)11-13-18;2*1-3-14-22(15-4-2,17-8-6-5-7-9-17)18-12-10-16(11-13-18)19(20)21;1-3-10-13(11-4-2)12-8-6-5-7-9-12;7-5-1-3-6(4-2-5)8(9)10;;;;;4*2-1(3)4;2-1-3;;/h3-13H,1-2,14-15H2;2*3-13H,1-2,14-15H2;3-9H,1-2,10-11H2;1-4H,7H2;1H4;;2*1H;(H,2,3,4);;;;(H,2,3);1H3;/q3*+1;;;;;;;;3*-1;;;+1/p-1/i19-1;;;;;;;;1-1;;;;;;;. The zero-order chi connectivity index (χ0) is 80.5. The summed E-state index contributed by atoms with van der Waals surface area (Å²) in [6, 6.07) is 68.2. The van der Waals surface area contributed by atoms with Crippen molar-refractivity contribution in [2.45, 2.75) is 7.43 Å². The maximum absolute atomic E-state index is 13.2. The maximum atomic E-state index is 13.2. The summed E-state index contributed by atoms with van der Waals surface area (Å²) < 4.78 is 13.2. The monoisotopic (exact) mass is 1750 g/mol. The molecule has 6 N–H and O–H groups in total. The van der Waals surface area contributed by atoms with Gasteiger partial charge in [0.15, 0.2) is 0 Å². The van der Waals surface area contributed by atoms with Crippen molar-refractivity contribution in [1.82, 2.24) is 6.15 Å². The topological polar surface area (TPSA) is 505 Å². The Kier molecular flexibility index (Phi) is 71.7. The van der Waals surface area contributed by atoms with Crippen LogP contribution in [0.4, 0.5) is 31.8 Å². The van der Waals surface area contributed by atoms with E-state index < -0.39 is 47.1 Å². The Morgan fingerprint density at radius 3 is 0.759 bits per heavy atom. The summed E-state index contributed by atoms with van der Waals surface area (Å²) in [4.78, 5) is 71.7. The van der Waals surface area contributed by atoms with E-state index in [2.05, 4.69) is 131 Å². The normalized spacial score (nSPS) is 9.20. The number of nitrogen functional groups attached to an aromatic ring is 1. The molecule has 0 fully saturated rings. The molecule has 8 aromatic carbocycles. The molecule has 0 bridgehead atoms. The first-order valence-electron chi connectivity index (χ1n) is 30.4. The van der Waals surface area contributed by atoms with Gasteiger partial charge in [0.2, 0.25) is 0 Å². The average Bonchev–Trinajstić information content (AvgIpc) is 0.796. The Labute approximate surface area is 694 Å². The van der Waals surface area contributed by atoms with Crippen LogP contribution in [0.25, 0.3) is 0 Å². The molecule has 0 aromatic heterocycles. The molecule has 30 nitrogen and oxygen atoms in total. The van der Waals surface area contributed by atoms with Crippen molar-refractivity contribution in [2.75, 3.05) is 55.0 Å². The predicted octanol–water partition coefficient (Wildman–Crippen LogP) is 13.9. The van der Waals surface area contributed by atoms with E-state index in [-0.39, 0.29) is 123 Å². The van der Waals surface area contributed by atoms with Gasteiger partial charge in [0.05, 0.1) is 105 Å². The molecule has 0 unspecified atom stereocenters. The van der Waals surface area contributed by atoms with Gasteiger partial charge in [-0.1, -0.05) is 188 Å². The number of allylic oxidation sites excluding steroid dienone is 8. The van der Waals surface area contributed by atoms with E-state index in [4.69, 9.17) is 77.1 Å². The number of hydrogen-bond donors (Lipinski definition) is 3. The van der Waals surface area contributed by atoms with Crippen molar-refractivity contribution in [3.05, 3.63) is 422 Å². The fourth-order valence-electron chi connectivity index (χ4n) is 9.68. The number of anilines is 1. The molecule has 0 spiro atoms. The van der Waals surface area contributed by atoms with Crippen molar-refractivity contribution >= 4 is 102 Å². The van der Waals surface area contributed by atoms with Gasteiger partial charge in [-0.05, 0) is 115 Å². The second-order valence-corrected chi connectivity index (χ2v) is 33.8. The fourth-order valence-corrected chi connectivity index (χ4v) is 22.4. The van der Waals surface area contributed by atoms with Crippen LogP contribution in [0.1, 0.15) is 7.43 Å². The number of rotatable bonds is 26. The van der Waals surface area contributed by atoms with Gasteiger partial charge in [0.25, 0.3) is 22.1 Å². The van der Waals surface area contributed by atoms with E-state index in [9.17, 15) is 34.7 Å². The minimum atomic E-state index is -1.75. The van der Waals surface area contributed by atoms with Crippen LogP contribution in [0.15, 0.2) is 325 Å². The number of hydrogen-bond acceptors (Lipinski definition) is 22. The van der Waals surface area contributed by atoms with Gasteiger partial charge in [0.1, 0.15) is 21.7 Å².